The molecule has 0 unspecified atom stereocenters. The first-order chi connectivity index (χ1) is 7.66. The van der Waals surface area contributed by atoms with Gasteiger partial charge in [-0.05, 0) is 12.1 Å². The number of thiazole rings is 1. The monoisotopic (exact) mass is 240 g/mol. The van der Waals surface area contributed by atoms with Crippen molar-refractivity contribution in [2.75, 3.05) is 5.32 Å². The molecular weight excluding hydrogens is 234 g/mol. The van der Waals surface area contributed by atoms with Crippen LogP contribution in [0.15, 0.2) is 29.8 Å². The van der Waals surface area contributed by atoms with E-state index < -0.39 is 17.5 Å². The molecule has 0 bridgehead atoms. The van der Waals surface area contributed by atoms with E-state index in [4.69, 9.17) is 0 Å². The second kappa shape index (κ2) is 4.36. The summed E-state index contributed by atoms with van der Waals surface area (Å²) in [5.74, 6) is -1.86. The number of amides is 1. The Hall–Kier alpha value is -1.82. The molecule has 0 aliphatic carbocycles. The van der Waals surface area contributed by atoms with Crippen molar-refractivity contribution in [3.05, 3.63) is 46.4 Å². The molecule has 0 saturated heterocycles. The maximum Gasteiger partial charge on any atom is 0.284 e. The molecule has 82 valence electrons. The van der Waals surface area contributed by atoms with Gasteiger partial charge in [0.25, 0.3) is 5.91 Å². The van der Waals surface area contributed by atoms with Crippen molar-refractivity contribution in [1.29, 1.82) is 0 Å². The van der Waals surface area contributed by atoms with Gasteiger partial charge in [0, 0.05) is 17.6 Å². The molecule has 0 saturated carbocycles. The summed E-state index contributed by atoms with van der Waals surface area (Å²) in [6.45, 7) is 0. The van der Waals surface area contributed by atoms with Crippen LogP contribution in [0, 0.1) is 11.6 Å². The maximum absolute atomic E-state index is 13.2. The number of benzene rings is 1. The van der Waals surface area contributed by atoms with Gasteiger partial charge in [0.15, 0.2) is 5.01 Å². The number of nitrogens with one attached hydrogen (secondary N) is 1. The van der Waals surface area contributed by atoms with E-state index in [2.05, 4.69) is 10.3 Å². The Balaban J connectivity index is 2.21. The molecular formula is C10H6F2N2OS. The fourth-order valence-electron chi connectivity index (χ4n) is 1.10. The topological polar surface area (TPSA) is 42.0 Å². The molecule has 2 rings (SSSR count). The van der Waals surface area contributed by atoms with Crippen molar-refractivity contribution >= 4 is 22.9 Å². The Morgan fingerprint density at radius 3 is 2.88 bits per heavy atom. The molecule has 0 radical (unpaired) electrons. The van der Waals surface area contributed by atoms with E-state index in [0.29, 0.717) is 0 Å². The summed E-state index contributed by atoms with van der Waals surface area (Å²) in [5.41, 5.74) is -0.194. The zero-order chi connectivity index (χ0) is 11.5. The van der Waals surface area contributed by atoms with E-state index in [0.717, 1.165) is 29.5 Å². The SMILES string of the molecule is O=C(Nc1cc(F)ccc1F)c1nccs1. The number of rotatable bonds is 2. The van der Waals surface area contributed by atoms with Crippen LogP contribution in [0.3, 0.4) is 0 Å². The molecule has 0 fully saturated rings. The number of hydrogen-bond acceptors (Lipinski definition) is 3. The van der Waals surface area contributed by atoms with E-state index in [-0.39, 0.29) is 10.7 Å². The van der Waals surface area contributed by atoms with Crippen molar-refractivity contribution in [3.63, 3.8) is 0 Å². The third-order valence-corrected chi connectivity index (χ3v) is 2.58. The Labute approximate surface area is 93.8 Å². The number of carbonyl (C=O) groups excluding carboxylic acids is 1. The minimum atomic E-state index is -0.689. The average molecular weight is 240 g/mol. The van der Waals surface area contributed by atoms with Crippen molar-refractivity contribution in [2.24, 2.45) is 0 Å². The van der Waals surface area contributed by atoms with Crippen molar-refractivity contribution in [3.8, 4) is 0 Å². The number of anilines is 1. The Bertz CT molecular complexity index is 514. The number of nitrogens with zero attached hydrogens (tertiary/aromatic N) is 1. The van der Waals surface area contributed by atoms with Crippen molar-refractivity contribution < 1.29 is 13.6 Å². The number of hydrogen-bond donors (Lipinski definition) is 1. The molecule has 0 aliphatic heterocycles. The molecule has 16 heavy (non-hydrogen) atoms. The van der Waals surface area contributed by atoms with E-state index in [1.54, 1.807) is 5.38 Å². The smallest absolute Gasteiger partial charge is 0.284 e. The lowest BCUT2D eigenvalue weighted by molar-refractivity contribution is 0.102. The highest BCUT2D eigenvalue weighted by atomic mass is 32.1. The largest absolute Gasteiger partial charge is 0.317 e. The zero-order valence-corrected chi connectivity index (χ0v) is 8.72. The predicted octanol–water partition coefficient (Wildman–Crippen LogP) is 2.67. The van der Waals surface area contributed by atoms with Crippen LogP contribution in [0.2, 0.25) is 0 Å². The molecule has 1 aromatic heterocycles. The van der Waals surface area contributed by atoms with Gasteiger partial charge in [-0.25, -0.2) is 13.8 Å². The Morgan fingerprint density at radius 1 is 1.38 bits per heavy atom. The summed E-state index contributed by atoms with van der Waals surface area (Å²) in [6, 6.07) is 2.85. The maximum atomic E-state index is 13.2. The third kappa shape index (κ3) is 2.22. The van der Waals surface area contributed by atoms with E-state index in [9.17, 15) is 13.6 Å². The molecule has 1 amide bonds. The first kappa shape index (κ1) is 10.7. The van der Waals surface area contributed by atoms with Crippen molar-refractivity contribution in [2.45, 2.75) is 0 Å². The van der Waals surface area contributed by atoms with Gasteiger partial charge in [-0.1, -0.05) is 0 Å². The first-order valence-electron chi connectivity index (χ1n) is 4.33. The van der Waals surface area contributed by atoms with Crippen LogP contribution in [0.1, 0.15) is 9.80 Å². The predicted molar refractivity (Wildman–Crippen MR) is 56.4 cm³/mol. The number of aromatic nitrogens is 1. The average Bonchev–Trinajstić information content (AvgIpc) is 2.76. The van der Waals surface area contributed by atoms with Crippen LogP contribution in [0.25, 0.3) is 0 Å². The van der Waals surface area contributed by atoms with Crippen LogP contribution in [-0.2, 0) is 0 Å². The quantitative estimate of drug-likeness (QED) is 0.876. The summed E-state index contributed by atoms with van der Waals surface area (Å²) in [7, 11) is 0. The number of halogens is 2. The lowest BCUT2D eigenvalue weighted by Crippen LogP contribution is -2.12. The van der Waals surface area contributed by atoms with Gasteiger partial charge >= 0.3 is 0 Å². The highest BCUT2D eigenvalue weighted by Gasteiger charge is 2.11. The summed E-state index contributed by atoms with van der Waals surface area (Å²) >= 11 is 1.12. The van der Waals surface area contributed by atoms with Gasteiger partial charge in [-0.15, -0.1) is 11.3 Å². The Kier molecular flexibility index (Phi) is 2.91. The van der Waals surface area contributed by atoms with Crippen LogP contribution in [0.5, 0.6) is 0 Å². The van der Waals surface area contributed by atoms with Gasteiger partial charge in [-0.3, -0.25) is 4.79 Å². The zero-order valence-electron chi connectivity index (χ0n) is 7.91. The van der Waals surface area contributed by atoms with Crippen LogP contribution in [-0.4, -0.2) is 10.9 Å². The highest BCUT2D eigenvalue weighted by molar-refractivity contribution is 7.11. The first-order valence-corrected chi connectivity index (χ1v) is 5.20. The molecule has 0 spiro atoms. The molecule has 6 heteroatoms. The van der Waals surface area contributed by atoms with E-state index >= 15 is 0 Å². The summed E-state index contributed by atoms with van der Waals surface area (Å²) < 4.78 is 26.0. The van der Waals surface area contributed by atoms with E-state index in [1.165, 1.54) is 6.20 Å². The fraction of sp³-hybridized carbons (Fsp3) is 0. The molecule has 0 atom stereocenters. The second-order valence-electron chi connectivity index (χ2n) is 2.92. The van der Waals surface area contributed by atoms with Gasteiger partial charge in [0.05, 0.1) is 5.69 Å². The molecule has 0 aliphatic rings. The fourth-order valence-corrected chi connectivity index (χ4v) is 1.64. The van der Waals surface area contributed by atoms with Crippen LogP contribution in [0.4, 0.5) is 14.5 Å². The van der Waals surface area contributed by atoms with E-state index in [1.807, 2.05) is 0 Å². The minimum absolute atomic E-state index is 0.194. The standard InChI is InChI=1S/C10H6F2N2OS/c11-6-1-2-7(12)8(5-6)14-9(15)10-13-3-4-16-10/h1-5H,(H,14,15). The minimum Gasteiger partial charge on any atom is -0.317 e. The van der Waals surface area contributed by atoms with Gasteiger partial charge < -0.3 is 5.32 Å². The molecule has 1 heterocycles. The van der Waals surface area contributed by atoms with Gasteiger partial charge in [-0.2, -0.15) is 0 Å². The summed E-state index contributed by atoms with van der Waals surface area (Å²) in [5, 5.41) is 4.07. The molecule has 2 aromatic rings. The van der Waals surface area contributed by atoms with Gasteiger partial charge in [0.1, 0.15) is 11.6 Å². The van der Waals surface area contributed by atoms with Crippen molar-refractivity contribution in [1.82, 2.24) is 4.98 Å². The highest BCUT2D eigenvalue weighted by Crippen LogP contribution is 2.16. The van der Waals surface area contributed by atoms with Gasteiger partial charge in [0.2, 0.25) is 0 Å². The second-order valence-corrected chi connectivity index (χ2v) is 3.81. The lowest BCUT2D eigenvalue weighted by Gasteiger charge is -2.04. The summed E-state index contributed by atoms with van der Waals surface area (Å²) in [4.78, 5) is 15.2. The summed E-state index contributed by atoms with van der Waals surface area (Å²) in [6.07, 6.45) is 1.46. The van der Waals surface area contributed by atoms with Crippen LogP contribution < -0.4 is 5.32 Å². The normalized spacial score (nSPS) is 10.1. The lowest BCUT2D eigenvalue weighted by atomic mass is 10.3. The molecule has 1 N–H and O–H groups in total. The molecule has 1 aromatic carbocycles. The Morgan fingerprint density at radius 2 is 2.19 bits per heavy atom. The number of carbonyl (C=O) groups is 1. The third-order valence-electron chi connectivity index (χ3n) is 1.80. The van der Waals surface area contributed by atoms with Crippen LogP contribution >= 0.6 is 11.3 Å². The molecule has 3 nitrogen and oxygen atoms in total.